The summed E-state index contributed by atoms with van der Waals surface area (Å²) in [4.78, 5) is 5.14. The first-order valence-electron chi connectivity index (χ1n) is 6.13. The lowest BCUT2D eigenvalue weighted by Crippen LogP contribution is -2.03. The third kappa shape index (κ3) is 2.80. The summed E-state index contributed by atoms with van der Waals surface area (Å²) >= 11 is 0. The van der Waals surface area contributed by atoms with Gasteiger partial charge in [0.05, 0.1) is 30.3 Å². The summed E-state index contributed by atoms with van der Waals surface area (Å²) in [5.41, 5.74) is 2.43. The van der Waals surface area contributed by atoms with Gasteiger partial charge in [-0.3, -0.25) is 0 Å². The number of nitrogens with zero attached hydrogens (tertiary/aromatic N) is 4. The maximum Gasteiger partial charge on any atom is 0.212 e. The molecule has 3 rings (SSSR count). The summed E-state index contributed by atoms with van der Waals surface area (Å²) in [6.07, 6.45) is 3.13. The maximum atomic E-state index is 12.7. The van der Waals surface area contributed by atoms with E-state index in [1.165, 1.54) is 12.3 Å². The van der Waals surface area contributed by atoms with Gasteiger partial charge in [0.25, 0.3) is 0 Å². The quantitative estimate of drug-likeness (QED) is 0.739. The Labute approximate surface area is 115 Å². The fraction of sp³-hybridized carbons (Fsp3) is 0.0714. The lowest BCUT2D eigenvalue weighted by atomic mass is 10.3. The third-order valence-corrected chi connectivity index (χ3v) is 2.73. The number of anilines is 1. The Kier molecular flexibility index (Phi) is 3.36. The monoisotopic (exact) mass is 269 g/mol. The van der Waals surface area contributed by atoms with E-state index in [1.807, 2.05) is 30.3 Å². The molecule has 0 aliphatic rings. The molecule has 5 nitrogen and oxygen atoms in total. The SMILES string of the molecule is Fc1ccc(NCc2cnn(-c3ccccc3)n2)cn1. The summed E-state index contributed by atoms with van der Waals surface area (Å²) in [5, 5.41) is 11.7. The standard InChI is InChI=1S/C14H12FN5/c15-14-7-6-11(8-17-14)16-9-12-10-18-20(19-12)13-4-2-1-3-5-13/h1-8,10,16H,9H2. The second kappa shape index (κ2) is 5.48. The highest BCUT2D eigenvalue weighted by Gasteiger charge is 2.02. The number of pyridine rings is 1. The van der Waals surface area contributed by atoms with Crippen molar-refractivity contribution in [3.8, 4) is 5.69 Å². The maximum absolute atomic E-state index is 12.7. The number of para-hydroxylation sites is 1. The Morgan fingerprint density at radius 2 is 1.90 bits per heavy atom. The van der Waals surface area contributed by atoms with Gasteiger partial charge in [0.2, 0.25) is 5.95 Å². The number of nitrogens with one attached hydrogen (secondary N) is 1. The minimum atomic E-state index is -0.495. The third-order valence-electron chi connectivity index (χ3n) is 2.73. The topological polar surface area (TPSA) is 55.6 Å². The predicted octanol–water partition coefficient (Wildman–Crippen LogP) is 2.41. The van der Waals surface area contributed by atoms with Crippen LogP contribution in [0.4, 0.5) is 10.1 Å². The Balaban J connectivity index is 1.67. The van der Waals surface area contributed by atoms with Crippen molar-refractivity contribution >= 4 is 5.69 Å². The molecule has 20 heavy (non-hydrogen) atoms. The van der Waals surface area contributed by atoms with Crippen molar-refractivity contribution in [3.05, 3.63) is 66.5 Å². The zero-order chi connectivity index (χ0) is 13.8. The molecule has 1 aromatic carbocycles. The predicted molar refractivity (Wildman–Crippen MR) is 72.9 cm³/mol. The van der Waals surface area contributed by atoms with Crippen molar-refractivity contribution in [1.82, 2.24) is 20.0 Å². The van der Waals surface area contributed by atoms with E-state index in [-0.39, 0.29) is 0 Å². The minimum absolute atomic E-state index is 0.495. The van der Waals surface area contributed by atoms with Crippen LogP contribution in [0.2, 0.25) is 0 Å². The van der Waals surface area contributed by atoms with Crippen LogP contribution in [0.1, 0.15) is 5.69 Å². The van der Waals surface area contributed by atoms with E-state index in [9.17, 15) is 4.39 Å². The highest BCUT2D eigenvalue weighted by Crippen LogP contribution is 2.08. The fourth-order valence-electron chi connectivity index (χ4n) is 1.73. The van der Waals surface area contributed by atoms with Crippen molar-refractivity contribution < 1.29 is 4.39 Å². The van der Waals surface area contributed by atoms with Gasteiger partial charge in [-0.25, -0.2) is 4.98 Å². The molecule has 0 saturated carbocycles. The molecule has 0 bridgehead atoms. The van der Waals surface area contributed by atoms with E-state index in [0.717, 1.165) is 17.1 Å². The minimum Gasteiger partial charge on any atom is -0.378 e. The first-order chi connectivity index (χ1) is 9.81. The summed E-state index contributed by atoms with van der Waals surface area (Å²) in [7, 11) is 0. The first kappa shape index (κ1) is 12.3. The second-order valence-corrected chi connectivity index (χ2v) is 4.18. The van der Waals surface area contributed by atoms with E-state index in [0.29, 0.717) is 6.54 Å². The summed E-state index contributed by atoms with van der Waals surface area (Å²) in [5.74, 6) is -0.495. The zero-order valence-electron chi connectivity index (χ0n) is 10.6. The molecule has 1 N–H and O–H groups in total. The molecule has 0 aliphatic heterocycles. The van der Waals surface area contributed by atoms with E-state index in [1.54, 1.807) is 17.1 Å². The van der Waals surface area contributed by atoms with E-state index < -0.39 is 5.95 Å². The van der Waals surface area contributed by atoms with Gasteiger partial charge in [0.1, 0.15) is 5.69 Å². The van der Waals surface area contributed by atoms with Gasteiger partial charge < -0.3 is 5.32 Å². The molecule has 3 aromatic rings. The molecule has 0 unspecified atom stereocenters. The molecule has 0 fully saturated rings. The van der Waals surface area contributed by atoms with Crippen LogP contribution in [-0.2, 0) is 6.54 Å². The molecule has 2 heterocycles. The molecule has 0 atom stereocenters. The molecular weight excluding hydrogens is 257 g/mol. The molecule has 100 valence electrons. The van der Waals surface area contributed by atoms with Crippen molar-refractivity contribution in [3.63, 3.8) is 0 Å². The van der Waals surface area contributed by atoms with Gasteiger partial charge in [0.15, 0.2) is 0 Å². The van der Waals surface area contributed by atoms with E-state index in [4.69, 9.17) is 0 Å². The van der Waals surface area contributed by atoms with Crippen LogP contribution in [0.5, 0.6) is 0 Å². The van der Waals surface area contributed by atoms with Crippen LogP contribution in [0.15, 0.2) is 54.9 Å². The molecule has 0 amide bonds. The van der Waals surface area contributed by atoms with Crippen molar-refractivity contribution in [2.45, 2.75) is 6.54 Å². The smallest absolute Gasteiger partial charge is 0.212 e. The van der Waals surface area contributed by atoms with E-state index >= 15 is 0 Å². The lowest BCUT2D eigenvalue weighted by molar-refractivity contribution is 0.584. The highest BCUT2D eigenvalue weighted by molar-refractivity contribution is 5.40. The van der Waals surface area contributed by atoms with Gasteiger partial charge in [-0.05, 0) is 24.3 Å². The summed E-state index contributed by atoms with van der Waals surface area (Å²) in [6.45, 7) is 0.500. The number of rotatable bonds is 4. The van der Waals surface area contributed by atoms with Crippen LogP contribution < -0.4 is 5.32 Å². The summed E-state index contributed by atoms with van der Waals surface area (Å²) in [6, 6.07) is 12.6. The number of benzene rings is 1. The number of hydrogen-bond acceptors (Lipinski definition) is 4. The molecule has 0 aliphatic carbocycles. The molecule has 2 aromatic heterocycles. The average molecular weight is 269 g/mol. The Morgan fingerprint density at radius 3 is 2.65 bits per heavy atom. The largest absolute Gasteiger partial charge is 0.378 e. The molecule has 0 radical (unpaired) electrons. The zero-order valence-corrected chi connectivity index (χ0v) is 10.6. The van der Waals surface area contributed by atoms with Gasteiger partial charge in [-0.1, -0.05) is 18.2 Å². The highest BCUT2D eigenvalue weighted by atomic mass is 19.1. The van der Waals surface area contributed by atoms with Crippen LogP contribution in [-0.4, -0.2) is 20.0 Å². The Hall–Kier alpha value is -2.76. The van der Waals surface area contributed by atoms with Crippen LogP contribution >= 0.6 is 0 Å². The number of hydrogen-bond donors (Lipinski definition) is 1. The van der Waals surface area contributed by atoms with Gasteiger partial charge in [0, 0.05) is 0 Å². The fourth-order valence-corrected chi connectivity index (χ4v) is 1.73. The van der Waals surface area contributed by atoms with Crippen molar-refractivity contribution in [1.29, 1.82) is 0 Å². The summed E-state index contributed by atoms with van der Waals surface area (Å²) < 4.78 is 12.7. The molecule has 0 saturated heterocycles. The first-order valence-corrected chi connectivity index (χ1v) is 6.13. The Bertz CT molecular complexity index is 678. The van der Waals surface area contributed by atoms with Crippen molar-refractivity contribution in [2.24, 2.45) is 0 Å². The second-order valence-electron chi connectivity index (χ2n) is 4.18. The molecule has 0 spiro atoms. The van der Waals surface area contributed by atoms with Crippen LogP contribution in [0.3, 0.4) is 0 Å². The molecular formula is C14H12FN5. The van der Waals surface area contributed by atoms with Gasteiger partial charge in [-0.2, -0.15) is 19.4 Å². The van der Waals surface area contributed by atoms with Crippen LogP contribution in [0, 0.1) is 5.95 Å². The Morgan fingerprint density at radius 1 is 1.05 bits per heavy atom. The van der Waals surface area contributed by atoms with Crippen LogP contribution in [0.25, 0.3) is 5.69 Å². The van der Waals surface area contributed by atoms with Gasteiger partial charge >= 0.3 is 0 Å². The average Bonchev–Trinajstić information content (AvgIpc) is 2.97. The normalized spacial score (nSPS) is 10.4. The van der Waals surface area contributed by atoms with E-state index in [2.05, 4.69) is 20.5 Å². The number of aromatic nitrogens is 4. The van der Waals surface area contributed by atoms with Gasteiger partial charge in [-0.15, -0.1) is 0 Å². The van der Waals surface area contributed by atoms with Crippen molar-refractivity contribution in [2.75, 3.05) is 5.32 Å². The lowest BCUT2D eigenvalue weighted by Gasteiger charge is -2.02. The molecule has 6 heteroatoms. The number of halogens is 1.